The highest BCUT2D eigenvalue weighted by Gasteiger charge is 2.22. The molecule has 0 saturated carbocycles. The summed E-state index contributed by atoms with van der Waals surface area (Å²) >= 11 is 1.75. The van der Waals surface area contributed by atoms with E-state index in [1.165, 1.54) is 41.5 Å². The van der Waals surface area contributed by atoms with Gasteiger partial charge in [-0.3, -0.25) is 0 Å². The van der Waals surface area contributed by atoms with Crippen LogP contribution >= 0.6 is 11.3 Å². The number of pyridine rings is 1. The van der Waals surface area contributed by atoms with Crippen LogP contribution < -0.4 is 5.32 Å². The van der Waals surface area contributed by atoms with Gasteiger partial charge in [-0.2, -0.15) is 0 Å². The SMILES string of the molecule is CCc1nc2sc3c(NCCCN(C)C)ncnc3c2c2c1CCCC2. The van der Waals surface area contributed by atoms with Gasteiger partial charge in [0.2, 0.25) is 0 Å². The van der Waals surface area contributed by atoms with E-state index in [-0.39, 0.29) is 0 Å². The van der Waals surface area contributed by atoms with Crippen LogP contribution in [0.2, 0.25) is 0 Å². The highest BCUT2D eigenvalue weighted by molar-refractivity contribution is 7.26. The molecule has 0 atom stereocenters. The number of hydrogen-bond donors (Lipinski definition) is 1. The van der Waals surface area contributed by atoms with Gasteiger partial charge in [0.15, 0.2) is 0 Å². The predicted octanol–water partition coefficient (Wildman–Crippen LogP) is 4.04. The zero-order chi connectivity index (χ0) is 18.1. The fourth-order valence-electron chi connectivity index (χ4n) is 3.96. The van der Waals surface area contributed by atoms with Gasteiger partial charge in [0.1, 0.15) is 17.0 Å². The Morgan fingerprint density at radius 2 is 1.96 bits per heavy atom. The molecule has 1 aliphatic rings. The summed E-state index contributed by atoms with van der Waals surface area (Å²) in [5.74, 6) is 0.958. The second-order valence-corrected chi connectivity index (χ2v) is 8.34. The van der Waals surface area contributed by atoms with E-state index in [4.69, 9.17) is 4.98 Å². The molecule has 3 aromatic heterocycles. The first-order valence-corrected chi connectivity index (χ1v) is 10.5. The van der Waals surface area contributed by atoms with E-state index in [0.717, 1.165) is 53.2 Å². The minimum absolute atomic E-state index is 0.921. The molecule has 0 unspecified atom stereocenters. The summed E-state index contributed by atoms with van der Waals surface area (Å²) in [5.41, 5.74) is 5.36. The van der Waals surface area contributed by atoms with Crippen molar-refractivity contribution in [2.24, 2.45) is 0 Å². The number of thiophene rings is 1. The minimum Gasteiger partial charge on any atom is -0.369 e. The molecular weight excluding hydrogens is 342 g/mol. The number of anilines is 1. The van der Waals surface area contributed by atoms with Gasteiger partial charge in [-0.25, -0.2) is 15.0 Å². The Kier molecular flexibility index (Phi) is 5.05. The summed E-state index contributed by atoms with van der Waals surface area (Å²) in [6, 6.07) is 0. The highest BCUT2D eigenvalue weighted by Crippen LogP contribution is 2.40. The molecule has 0 amide bonds. The van der Waals surface area contributed by atoms with E-state index in [2.05, 4.69) is 41.2 Å². The van der Waals surface area contributed by atoms with Crippen molar-refractivity contribution >= 4 is 37.6 Å². The average molecular weight is 370 g/mol. The second-order valence-electron chi connectivity index (χ2n) is 7.34. The van der Waals surface area contributed by atoms with Crippen molar-refractivity contribution in [2.75, 3.05) is 32.5 Å². The zero-order valence-corrected chi connectivity index (χ0v) is 16.7. The summed E-state index contributed by atoms with van der Waals surface area (Å²) in [6.07, 6.45) is 8.68. The average Bonchev–Trinajstić information content (AvgIpc) is 3.03. The van der Waals surface area contributed by atoms with Crippen LogP contribution in [0.5, 0.6) is 0 Å². The molecule has 1 N–H and O–H groups in total. The molecule has 3 heterocycles. The quantitative estimate of drug-likeness (QED) is 0.665. The smallest absolute Gasteiger partial charge is 0.147 e. The zero-order valence-electron chi connectivity index (χ0n) is 15.9. The minimum atomic E-state index is 0.921. The monoisotopic (exact) mass is 369 g/mol. The van der Waals surface area contributed by atoms with Crippen molar-refractivity contribution < 1.29 is 0 Å². The maximum atomic E-state index is 5.02. The molecule has 3 aromatic rings. The summed E-state index contributed by atoms with van der Waals surface area (Å²) < 4.78 is 1.15. The van der Waals surface area contributed by atoms with E-state index in [9.17, 15) is 0 Å². The second kappa shape index (κ2) is 7.45. The van der Waals surface area contributed by atoms with E-state index in [1.807, 2.05) is 0 Å². The maximum Gasteiger partial charge on any atom is 0.147 e. The number of aryl methyl sites for hydroxylation is 2. The number of nitrogens with zero attached hydrogens (tertiary/aromatic N) is 4. The van der Waals surface area contributed by atoms with Crippen molar-refractivity contribution in [1.82, 2.24) is 19.9 Å². The molecule has 0 fully saturated rings. The van der Waals surface area contributed by atoms with Crippen molar-refractivity contribution in [3.63, 3.8) is 0 Å². The first-order chi connectivity index (χ1) is 12.7. The molecule has 0 saturated heterocycles. The van der Waals surface area contributed by atoms with E-state index >= 15 is 0 Å². The molecule has 4 rings (SSSR count). The normalized spacial score (nSPS) is 14.3. The molecule has 0 bridgehead atoms. The van der Waals surface area contributed by atoms with Crippen molar-refractivity contribution in [1.29, 1.82) is 0 Å². The summed E-state index contributed by atoms with van der Waals surface area (Å²) in [7, 11) is 4.21. The Morgan fingerprint density at radius 1 is 1.15 bits per heavy atom. The molecule has 0 radical (unpaired) electrons. The van der Waals surface area contributed by atoms with Crippen LogP contribution in [-0.2, 0) is 19.3 Å². The lowest BCUT2D eigenvalue weighted by Crippen LogP contribution is -2.16. The van der Waals surface area contributed by atoms with E-state index < -0.39 is 0 Å². The van der Waals surface area contributed by atoms with Gasteiger partial charge in [0.05, 0.1) is 10.2 Å². The number of aromatic nitrogens is 3. The lowest BCUT2D eigenvalue weighted by atomic mass is 9.88. The fraction of sp³-hybridized carbons (Fsp3) is 0.550. The van der Waals surface area contributed by atoms with Crippen molar-refractivity contribution in [3.8, 4) is 0 Å². The molecule has 1 aliphatic carbocycles. The Morgan fingerprint density at radius 3 is 2.73 bits per heavy atom. The van der Waals surface area contributed by atoms with Gasteiger partial charge in [-0.15, -0.1) is 11.3 Å². The van der Waals surface area contributed by atoms with Crippen molar-refractivity contribution in [3.05, 3.63) is 23.1 Å². The molecular formula is C20H27N5S. The Bertz CT molecular complexity index is 931. The Labute approximate surface area is 158 Å². The number of nitrogens with one attached hydrogen (secondary N) is 1. The van der Waals surface area contributed by atoms with Crippen LogP contribution in [0.15, 0.2) is 6.33 Å². The third kappa shape index (κ3) is 3.16. The molecule has 26 heavy (non-hydrogen) atoms. The van der Waals surface area contributed by atoms with Crippen LogP contribution in [0.1, 0.15) is 43.0 Å². The molecule has 5 nitrogen and oxygen atoms in total. The topological polar surface area (TPSA) is 53.9 Å². The standard InChI is InChI=1S/C20H27N5S/c1-4-15-13-8-5-6-9-14(13)16-17-18(26-20(16)24-15)19(23-12-22-17)21-10-7-11-25(2)3/h12H,4-11H2,1-3H3,(H,21,22,23). The summed E-state index contributed by atoms with van der Waals surface area (Å²) in [4.78, 5) is 17.5. The molecule has 0 aromatic carbocycles. The molecule has 0 spiro atoms. The van der Waals surface area contributed by atoms with Crippen LogP contribution in [0, 0.1) is 0 Å². The highest BCUT2D eigenvalue weighted by atomic mass is 32.1. The third-order valence-corrected chi connectivity index (χ3v) is 6.30. The molecule has 138 valence electrons. The number of hydrogen-bond acceptors (Lipinski definition) is 6. The molecule has 0 aliphatic heterocycles. The molecule has 6 heteroatoms. The van der Waals surface area contributed by atoms with Crippen LogP contribution in [-0.4, -0.2) is 47.0 Å². The first-order valence-electron chi connectivity index (χ1n) is 9.65. The van der Waals surface area contributed by atoms with E-state index in [0.29, 0.717) is 0 Å². The Hall–Kier alpha value is -1.79. The van der Waals surface area contributed by atoms with Gasteiger partial charge in [-0.1, -0.05) is 6.92 Å². The predicted molar refractivity (Wildman–Crippen MR) is 110 cm³/mol. The van der Waals surface area contributed by atoms with Crippen molar-refractivity contribution in [2.45, 2.75) is 45.4 Å². The van der Waals surface area contributed by atoms with E-state index in [1.54, 1.807) is 17.7 Å². The Balaban J connectivity index is 1.78. The summed E-state index contributed by atoms with van der Waals surface area (Å²) in [5, 5.41) is 4.81. The van der Waals surface area contributed by atoms with Gasteiger partial charge in [0.25, 0.3) is 0 Å². The van der Waals surface area contributed by atoms with Crippen LogP contribution in [0.4, 0.5) is 5.82 Å². The van der Waals surface area contributed by atoms with Gasteiger partial charge in [0, 0.05) is 17.6 Å². The summed E-state index contributed by atoms with van der Waals surface area (Å²) in [6.45, 7) is 4.21. The van der Waals surface area contributed by atoms with Crippen LogP contribution in [0.3, 0.4) is 0 Å². The van der Waals surface area contributed by atoms with Gasteiger partial charge < -0.3 is 10.2 Å². The number of rotatable bonds is 6. The fourth-order valence-corrected chi connectivity index (χ4v) is 5.10. The van der Waals surface area contributed by atoms with Crippen LogP contribution in [0.25, 0.3) is 20.4 Å². The lowest BCUT2D eigenvalue weighted by Gasteiger charge is -2.19. The first kappa shape index (κ1) is 17.6. The third-order valence-electron chi connectivity index (χ3n) is 5.22. The van der Waals surface area contributed by atoms with Gasteiger partial charge >= 0.3 is 0 Å². The van der Waals surface area contributed by atoms with Gasteiger partial charge in [-0.05, 0) is 70.3 Å². The maximum absolute atomic E-state index is 5.02. The lowest BCUT2D eigenvalue weighted by molar-refractivity contribution is 0.405. The number of fused-ring (bicyclic) bond motifs is 5. The largest absolute Gasteiger partial charge is 0.369 e.